The monoisotopic (exact) mass is 303 g/mol. The van der Waals surface area contributed by atoms with Gasteiger partial charge < -0.3 is 10.5 Å². The Morgan fingerprint density at radius 1 is 1.29 bits per heavy atom. The van der Waals surface area contributed by atoms with Gasteiger partial charge in [0.1, 0.15) is 0 Å². The third kappa shape index (κ3) is 4.09. The minimum Gasteiger partial charge on any atom is -0.398 e. The van der Waals surface area contributed by atoms with Gasteiger partial charge in [-0.15, -0.1) is 0 Å². The van der Waals surface area contributed by atoms with Crippen LogP contribution in [0.2, 0.25) is 0 Å². The van der Waals surface area contributed by atoms with Crippen molar-refractivity contribution in [2.75, 3.05) is 18.9 Å². The minimum absolute atomic E-state index is 0.318. The second-order valence-corrected chi connectivity index (χ2v) is 5.35. The Balaban J connectivity index is 2.20. The van der Waals surface area contributed by atoms with Crippen molar-refractivity contribution in [2.24, 2.45) is 11.8 Å². The fourth-order valence-corrected chi connectivity index (χ4v) is 2.65. The molecule has 0 aromatic heterocycles. The summed E-state index contributed by atoms with van der Waals surface area (Å²) in [6.07, 6.45) is -1.97. The van der Waals surface area contributed by atoms with E-state index in [1.165, 1.54) is 6.07 Å². The quantitative estimate of drug-likeness (QED) is 0.454. The normalized spacial score (nSPS) is 18.7. The molecule has 1 unspecified atom stereocenters. The van der Waals surface area contributed by atoms with E-state index in [-0.39, 0.29) is 0 Å². The molecule has 1 fully saturated rings. The summed E-state index contributed by atoms with van der Waals surface area (Å²) >= 11 is 0. The lowest BCUT2D eigenvalue weighted by molar-refractivity contribution is -0.137. The number of rotatable bonds is 4. The van der Waals surface area contributed by atoms with Gasteiger partial charge in [0.25, 0.3) is 0 Å². The Hall–Kier alpha value is -1.31. The van der Waals surface area contributed by atoms with Crippen LogP contribution in [0, 0.1) is 5.92 Å². The zero-order chi connectivity index (χ0) is 15.5. The summed E-state index contributed by atoms with van der Waals surface area (Å²) in [4.78, 5) is 0. The summed E-state index contributed by atoms with van der Waals surface area (Å²) in [6.45, 7) is 1.36. The first kappa shape index (κ1) is 16.1. The zero-order valence-corrected chi connectivity index (χ0v) is 11.6. The van der Waals surface area contributed by atoms with Gasteiger partial charge in [-0.1, -0.05) is 0 Å². The lowest BCUT2D eigenvalue weighted by Gasteiger charge is -2.27. The van der Waals surface area contributed by atoms with Crippen molar-refractivity contribution in [2.45, 2.75) is 31.5 Å². The largest absolute Gasteiger partial charge is 0.416 e. The van der Waals surface area contributed by atoms with E-state index in [0.717, 1.165) is 25.0 Å². The van der Waals surface area contributed by atoms with E-state index in [1.54, 1.807) is 0 Å². The van der Waals surface area contributed by atoms with E-state index in [1.807, 2.05) is 0 Å². The number of ether oxygens (including phenoxy) is 1. The van der Waals surface area contributed by atoms with Gasteiger partial charge in [-0.05, 0) is 48.9 Å². The van der Waals surface area contributed by atoms with Crippen LogP contribution in [0.3, 0.4) is 0 Å². The van der Waals surface area contributed by atoms with E-state index in [0.29, 0.717) is 36.8 Å². The van der Waals surface area contributed by atoms with Crippen LogP contribution in [0.5, 0.6) is 0 Å². The molecule has 2 rings (SSSR count). The predicted octanol–water partition coefficient (Wildman–Crippen LogP) is 2.61. The standard InChI is InChI=1S/C14H20F3N3O/c15-14(16,17)10-1-2-12(18)11(8-10)13(20-19)7-9-3-5-21-6-4-9/h1-2,8-9,13,20H,3-7,18-19H2. The summed E-state index contributed by atoms with van der Waals surface area (Å²) in [5.74, 6) is 5.90. The number of nitrogens with two attached hydrogens (primary N) is 2. The smallest absolute Gasteiger partial charge is 0.398 e. The summed E-state index contributed by atoms with van der Waals surface area (Å²) in [7, 11) is 0. The molecule has 1 heterocycles. The molecule has 118 valence electrons. The summed E-state index contributed by atoms with van der Waals surface area (Å²) in [6, 6.07) is 2.96. The van der Waals surface area contributed by atoms with Crippen LogP contribution in [-0.2, 0) is 10.9 Å². The molecule has 5 N–H and O–H groups in total. The third-order valence-corrected chi connectivity index (χ3v) is 3.90. The molecule has 0 spiro atoms. The van der Waals surface area contributed by atoms with Crippen LogP contribution in [0.1, 0.15) is 36.4 Å². The molecule has 0 amide bonds. The molecule has 4 nitrogen and oxygen atoms in total. The summed E-state index contributed by atoms with van der Waals surface area (Å²) in [5, 5.41) is 0. The maximum absolute atomic E-state index is 12.8. The Labute approximate surface area is 121 Å². The van der Waals surface area contributed by atoms with E-state index in [9.17, 15) is 13.2 Å². The van der Waals surface area contributed by atoms with Gasteiger partial charge in [0.15, 0.2) is 0 Å². The molecule has 0 aliphatic carbocycles. The van der Waals surface area contributed by atoms with Crippen molar-refractivity contribution < 1.29 is 17.9 Å². The van der Waals surface area contributed by atoms with Crippen LogP contribution in [-0.4, -0.2) is 13.2 Å². The van der Waals surface area contributed by atoms with Crippen molar-refractivity contribution in [1.29, 1.82) is 0 Å². The van der Waals surface area contributed by atoms with Gasteiger partial charge in [0, 0.05) is 24.9 Å². The molecule has 1 aliphatic heterocycles. The van der Waals surface area contributed by atoms with Gasteiger partial charge in [0.05, 0.1) is 5.56 Å². The number of benzene rings is 1. The first-order valence-electron chi connectivity index (χ1n) is 6.92. The fourth-order valence-electron chi connectivity index (χ4n) is 2.65. The Bertz CT molecular complexity index is 473. The highest BCUT2D eigenvalue weighted by molar-refractivity contribution is 5.50. The number of halogens is 3. The highest BCUT2D eigenvalue weighted by Gasteiger charge is 2.32. The average Bonchev–Trinajstić information content (AvgIpc) is 2.45. The molecule has 1 saturated heterocycles. The molecule has 0 saturated carbocycles. The van der Waals surface area contributed by atoms with Gasteiger partial charge in [0.2, 0.25) is 0 Å². The number of nitrogen functional groups attached to an aromatic ring is 1. The van der Waals surface area contributed by atoms with Crippen LogP contribution in [0.15, 0.2) is 18.2 Å². The molecule has 21 heavy (non-hydrogen) atoms. The summed E-state index contributed by atoms with van der Waals surface area (Å²) < 4.78 is 43.7. The zero-order valence-electron chi connectivity index (χ0n) is 11.6. The highest BCUT2D eigenvalue weighted by Crippen LogP contribution is 2.35. The first-order chi connectivity index (χ1) is 9.91. The molecule has 1 atom stereocenters. The number of hydrogen-bond donors (Lipinski definition) is 3. The van der Waals surface area contributed by atoms with Crippen molar-refractivity contribution in [3.8, 4) is 0 Å². The van der Waals surface area contributed by atoms with E-state index >= 15 is 0 Å². The van der Waals surface area contributed by atoms with Crippen molar-refractivity contribution in [3.05, 3.63) is 29.3 Å². The lowest BCUT2D eigenvalue weighted by Crippen LogP contribution is -2.31. The van der Waals surface area contributed by atoms with Crippen molar-refractivity contribution in [3.63, 3.8) is 0 Å². The molecule has 1 aliphatic rings. The topological polar surface area (TPSA) is 73.3 Å². The highest BCUT2D eigenvalue weighted by atomic mass is 19.4. The van der Waals surface area contributed by atoms with Gasteiger partial charge in [-0.2, -0.15) is 13.2 Å². The Morgan fingerprint density at radius 3 is 2.52 bits per heavy atom. The lowest BCUT2D eigenvalue weighted by atomic mass is 9.88. The summed E-state index contributed by atoms with van der Waals surface area (Å²) in [5.41, 5.74) is 8.43. The number of anilines is 1. The van der Waals surface area contributed by atoms with E-state index in [2.05, 4.69) is 5.43 Å². The third-order valence-electron chi connectivity index (χ3n) is 3.90. The predicted molar refractivity (Wildman–Crippen MR) is 74.1 cm³/mol. The number of alkyl halides is 3. The molecule has 0 radical (unpaired) electrons. The van der Waals surface area contributed by atoms with E-state index < -0.39 is 17.8 Å². The maximum atomic E-state index is 12.8. The van der Waals surface area contributed by atoms with Crippen LogP contribution in [0.25, 0.3) is 0 Å². The number of nitrogens with one attached hydrogen (secondary N) is 1. The van der Waals surface area contributed by atoms with Gasteiger partial charge >= 0.3 is 6.18 Å². The SMILES string of the molecule is NNC(CC1CCOCC1)c1cc(C(F)(F)F)ccc1N. The van der Waals surface area contributed by atoms with Gasteiger partial charge in [-0.3, -0.25) is 11.3 Å². The second-order valence-electron chi connectivity index (χ2n) is 5.35. The maximum Gasteiger partial charge on any atom is 0.416 e. The molecular formula is C14H20F3N3O. The molecule has 1 aromatic carbocycles. The van der Waals surface area contributed by atoms with Crippen molar-refractivity contribution >= 4 is 5.69 Å². The molecule has 1 aromatic rings. The number of hydrogen-bond acceptors (Lipinski definition) is 4. The molecular weight excluding hydrogens is 283 g/mol. The Morgan fingerprint density at radius 2 is 1.95 bits per heavy atom. The fraction of sp³-hybridized carbons (Fsp3) is 0.571. The first-order valence-corrected chi connectivity index (χ1v) is 6.92. The Kier molecular flexibility index (Phi) is 5.08. The number of hydrazine groups is 1. The van der Waals surface area contributed by atoms with Crippen molar-refractivity contribution in [1.82, 2.24) is 5.43 Å². The van der Waals surface area contributed by atoms with E-state index in [4.69, 9.17) is 16.3 Å². The van der Waals surface area contributed by atoms with Crippen LogP contribution < -0.4 is 17.0 Å². The average molecular weight is 303 g/mol. The van der Waals surface area contributed by atoms with Gasteiger partial charge in [-0.25, -0.2) is 0 Å². The second kappa shape index (κ2) is 6.64. The molecule has 0 bridgehead atoms. The molecule has 7 heteroatoms. The van der Waals surface area contributed by atoms with Crippen LogP contribution >= 0.6 is 0 Å². The minimum atomic E-state index is -4.39. The van der Waals surface area contributed by atoms with Crippen LogP contribution in [0.4, 0.5) is 18.9 Å².